The molecule has 19 heteroatoms. The molecule has 1 aliphatic rings. The molecular formula is C46H47Cl2N13O4. The number of nitriles is 1. The van der Waals surface area contributed by atoms with Gasteiger partial charge in [0, 0.05) is 68.2 Å². The molecule has 0 bridgehead atoms. The van der Waals surface area contributed by atoms with Crippen molar-refractivity contribution in [1.29, 1.82) is 5.26 Å². The summed E-state index contributed by atoms with van der Waals surface area (Å²) in [5.74, 6) is 1.17. The van der Waals surface area contributed by atoms with E-state index in [1.54, 1.807) is 18.2 Å². The third-order valence-electron chi connectivity index (χ3n) is 11.6. The first-order valence-electron chi connectivity index (χ1n) is 21.5. The Morgan fingerprint density at radius 3 is 1.89 bits per heavy atom. The molecule has 2 aromatic carbocycles. The van der Waals surface area contributed by atoms with Crippen molar-refractivity contribution < 1.29 is 19.0 Å². The zero-order chi connectivity index (χ0) is 45.5. The summed E-state index contributed by atoms with van der Waals surface area (Å²) in [4.78, 5) is 34.7. The number of allylic oxidation sites excluding steroid dienone is 2. The van der Waals surface area contributed by atoms with E-state index in [9.17, 15) is 10.1 Å². The third-order valence-corrected chi connectivity index (χ3v) is 12.2. The number of hydrogen-bond acceptors (Lipinski definition) is 12. The number of carbonyl (C=O) groups is 1. The van der Waals surface area contributed by atoms with Gasteiger partial charge >= 0.3 is 0 Å². The lowest BCUT2D eigenvalue weighted by atomic mass is 10.1. The monoisotopic (exact) mass is 915 g/mol. The van der Waals surface area contributed by atoms with Crippen LogP contribution in [-0.2, 0) is 30.9 Å². The maximum atomic E-state index is 12.5. The first-order valence-corrected chi connectivity index (χ1v) is 22.3. The van der Waals surface area contributed by atoms with Gasteiger partial charge in [-0.15, -0.1) is 0 Å². The summed E-state index contributed by atoms with van der Waals surface area (Å²) in [5.41, 5.74) is 12.1. The molecule has 334 valence electrons. The molecule has 0 spiro atoms. The quantitative estimate of drug-likeness (QED) is 0.0605. The number of nitrogens with zero attached hydrogens (tertiary/aromatic N) is 12. The highest BCUT2D eigenvalue weighted by Crippen LogP contribution is 2.41. The van der Waals surface area contributed by atoms with Crippen LogP contribution < -0.4 is 15.2 Å². The van der Waals surface area contributed by atoms with Gasteiger partial charge in [0.15, 0.2) is 11.6 Å². The Morgan fingerprint density at radius 2 is 1.37 bits per heavy atom. The van der Waals surface area contributed by atoms with Gasteiger partial charge in [-0.1, -0.05) is 35.4 Å². The van der Waals surface area contributed by atoms with Crippen LogP contribution >= 0.6 is 23.2 Å². The normalized spacial score (nSPS) is 13.6. The lowest BCUT2D eigenvalue weighted by molar-refractivity contribution is 0.0358. The molecule has 65 heavy (non-hydrogen) atoms. The van der Waals surface area contributed by atoms with E-state index in [0.717, 1.165) is 61.9 Å². The van der Waals surface area contributed by atoms with E-state index in [-0.39, 0.29) is 15.9 Å². The molecule has 1 amide bonds. The number of amides is 1. The molecule has 1 aliphatic heterocycles. The topological polar surface area (TPSA) is 195 Å². The van der Waals surface area contributed by atoms with Crippen LogP contribution in [0.15, 0.2) is 48.6 Å². The predicted molar refractivity (Wildman–Crippen MR) is 250 cm³/mol. The summed E-state index contributed by atoms with van der Waals surface area (Å²) in [5, 5.41) is 22.4. The summed E-state index contributed by atoms with van der Waals surface area (Å²) >= 11 is 14.2. The largest absolute Gasteiger partial charge is 0.495 e. The van der Waals surface area contributed by atoms with Gasteiger partial charge in [0.25, 0.3) is 0 Å². The number of nitrogens with two attached hydrogens (primary N) is 1. The van der Waals surface area contributed by atoms with Crippen molar-refractivity contribution in [3.8, 4) is 40.6 Å². The zero-order valence-electron chi connectivity index (χ0n) is 36.7. The molecule has 0 radical (unpaired) electrons. The van der Waals surface area contributed by atoms with Gasteiger partial charge in [-0.2, -0.15) is 15.5 Å². The summed E-state index contributed by atoms with van der Waals surface area (Å²) in [6, 6.07) is 13.1. The number of ether oxygens (including phenoxy) is 3. The summed E-state index contributed by atoms with van der Waals surface area (Å²) in [7, 11) is 1.54. The first-order chi connectivity index (χ1) is 31.5. The second kappa shape index (κ2) is 18.1. The Kier molecular flexibility index (Phi) is 12.2. The average Bonchev–Trinajstić information content (AvgIpc) is 4.06. The third kappa shape index (κ3) is 8.11. The van der Waals surface area contributed by atoms with Crippen molar-refractivity contribution in [3.63, 3.8) is 0 Å². The van der Waals surface area contributed by atoms with Crippen LogP contribution in [0, 0.1) is 25.2 Å². The molecular weight excluding hydrogens is 869 g/mol. The molecule has 8 aromatic rings. The fraction of sp³-hybridized carbons (Fsp3) is 0.348. The van der Waals surface area contributed by atoms with Gasteiger partial charge in [0.05, 0.1) is 71.8 Å². The molecule has 7 heterocycles. The first kappa shape index (κ1) is 43.7. The molecule has 0 atom stereocenters. The minimum absolute atomic E-state index is 0.203. The standard InChI is InChI=1S/C46H47Cl2N13O4/c1-6-60-32(19-26(3)55-60)43-51-40(47)36-30-21-28(25-49)22-35(65-16-10-11-57-14-17-64-18-15-57)39(30)59(45(36)53-43)13-9-8-12-58-38-31(23-29(42(50)62)24-34(38)63-5)37-41(48)52-44(54-46(37)58)33-20-27(4)56-61(33)7-2/h8-9,19-24H,6-7,10-18H2,1-5H3,(H2,50,62)/b9-8+. The minimum Gasteiger partial charge on any atom is -0.495 e. The van der Waals surface area contributed by atoms with Crippen LogP contribution in [0.4, 0.5) is 0 Å². The van der Waals surface area contributed by atoms with E-state index in [0.29, 0.717) is 106 Å². The molecule has 1 saturated heterocycles. The Hall–Kier alpha value is -6.58. The number of benzene rings is 2. The van der Waals surface area contributed by atoms with Crippen LogP contribution in [-0.4, -0.2) is 106 Å². The average molecular weight is 917 g/mol. The van der Waals surface area contributed by atoms with Crippen molar-refractivity contribution in [2.45, 2.75) is 60.3 Å². The number of hydrogen-bond donors (Lipinski definition) is 1. The lowest BCUT2D eigenvalue weighted by Crippen LogP contribution is -2.37. The van der Waals surface area contributed by atoms with Crippen molar-refractivity contribution in [1.82, 2.24) is 53.5 Å². The van der Waals surface area contributed by atoms with Crippen molar-refractivity contribution in [3.05, 3.63) is 81.4 Å². The molecule has 0 saturated carbocycles. The van der Waals surface area contributed by atoms with Gasteiger partial charge in [-0.05, 0) is 64.4 Å². The Balaban J connectivity index is 1.17. The second-order valence-electron chi connectivity index (χ2n) is 15.8. The number of morpholine rings is 1. The number of aryl methyl sites for hydroxylation is 4. The van der Waals surface area contributed by atoms with Crippen LogP contribution in [0.25, 0.3) is 66.9 Å². The SMILES string of the molecule is CCn1nc(C)cc1-c1nc(Cl)c2c3cc(C(N)=O)cc(OC)c3n(C/C=C/Cn3c4nc(-c5cc(C)nn5CC)nc(Cl)c4c4cc(C#N)cc(OCCCN5CCOCC5)c43)c2n1. The van der Waals surface area contributed by atoms with E-state index in [1.165, 1.54) is 7.11 Å². The Bertz CT molecular complexity index is 3230. The number of methoxy groups -OCH3 is 1. The molecule has 6 aromatic heterocycles. The van der Waals surface area contributed by atoms with Gasteiger partial charge in [-0.3, -0.25) is 19.1 Å². The predicted octanol–water partition coefficient (Wildman–Crippen LogP) is 7.51. The van der Waals surface area contributed by atoms with Crippen LogP contribution in [0.1, 0.15) is 47.6 Å². The van der Waals surface area contributed by atoms with Gasteiger partial charge < -0.3 is 29.1 Å². The highest BCUT2D eigenvalue weighted by molar-refractivity contribution is 6.37. The second-order valence-corrected chi connectivity index (χ2v) is 16.5. The number of aromatic nitrogens is 10. The number of primary amides is 1. The van der Waals surface area contributed by atoms with Gasteiger partial charge in [0.1, 0.15) is 44.5 Å². The minimum atomic E-state index is -0.614. The van der Waals surface area contributed by atoms with E-state index >= 15 is 0 Å². The highest BCUT2D eigenvalue weighted by Gasteiger charge is 2.25. The highest BCUT2D eigenvalue weighted by atomic mass is 35.5. The van der Waals surface area contributed by atoms with E-state index in [1.807, 2.05) is 76.5 Å². The number of carbonyl (C=O) groups excluding carboxylic acids is 1. The van der Waals surface area contributed by atoms with Crippen molar-refractivity contribution in [2.75, 3.05) is 46.6 Å². The molecule has 9 rings (SSSR count). The van der Waals surface area contributed by atoms with Gasteiger partial charge in [-0.25, -0.2) is 19.9 Å². The molecule has 0 aliphatic carbocycles. The maximum absolute atomic E-state index is 12.5. The van der Waals surface area contributed by atoms with Crippen LogP contribution in [0.3, 0.4) is 0 Å². The van der Waals surface area contributed by atoms with E-state index in [2.05, 4.69) is 21.2 Å². The number of fused-ring (bicyclic) bond motifs is 6. The van der Waals surface area contributed by atoms with E-state index in [4.69, 9.17) is 63.1 Å². The van der Waals surface area contributed by atoms with Crippen LogP contribution in [0.2, 0.25) is 10.3 Å². The molecule has 0 unspecified atom stereocenters. The van der Waals surface area contributed by atoms with Crippen LogP contribution in [0.5, 0.6) is 11.5 Å². The lowest BCUT2D eigenvalue weighted by Gasteiger charge is -2.26. The maximum Gasteiger partial charge on any atom is 0.248 e. The Labute approximate surface area is 383 Å². The zero-order valence-corrected chi connectivity index (χ0v) is 38.2. The summed E-state index contributed by atoms with van der Waals surface area (Å²) in [6.45, 7) is 14.2. The smallest absolute Gasteiger partial charge is 0.248 e. The molecule has 17 nitrogen and oxygen atoms in total. The number of halogens is 2. The van der Waals surface area contributed by atoms with E-state index < -0.39 is 5.91 Å². The summed E-state index contributed by atoms with van der Waals surface area (Å²) in [6.07, 6.45) is 4.82. The van der Waals surface area contributed by atoms with Crippen molar-refractivity contribution >= 4 is 73.0 Å². The summed E-state index contributed by atoms with van der Waals surface area (Å²) < 4.78 is 25.7. The van der Waals surface area contributed by atoms with Gasteiger partial charge in [0.2, 0.25) is 5.91 Å². The molecule has 1 fully saturated rings. The fourth-order valence-electron chi connectivity index (χ4n) is 8.71. The Morgan fingerprint density at radius 1 is 0.815 bits per heavy atom. The fourth-order valence-corrected chi connectivity index (χ4v) is 9.24. The molecule has 2 N–H and O–H groups in total. The van der Waals surface area contributed by atoms with Crippen molar-refractivity contribution in [2.24, 2.45) is 5.73 Å². The number of rotatable bonds is 15.